The van der Waals surface area contributed by atoms with Crippen molar-refractivity contribution in [2.75, 3.05) is 7.11 Å². The average Bonchev–Trinajstić information content (AvgIpc) is 2.40. The topological polar surface area (TPSA) is 82.1 Å². The predicted molar refractivity (Wildman–Crippen MR) is 43.5 cm³/mol. The molecule has 1 aliphatic heterocycles. The van der Waals surface area contributed by atoms with Crippen molar-refractivity contribution in [1.29, 1.82) is 0 Å². The maximum atomic E-state index is 11.1. The van der Waals surface area contributed by atoms with Crippen molar-refractivity contribution in [3.8, 4) is 0 Å². The number of esters is 1. The minimum atomic E-state index is -1.31. The lowest BCUT2D eigenvalue weighted by Crippen LogP contribution is -2.37. The first-order valence-electron chi connectivity index (χ1n) is 4.03. The molecule has 0 aromatic carbocycles. The van der Waals surface area contributed by atoms with Crippen LogP contribution in [0.2, 0.25) is 0 Å². The standard InChI is InChI=1S/C8H12O6/c1-8(2)13-4(6(9)10)5(14-8)7(11)12-3/h4-5H,1-3H3,(H,9,10)/t4-,5-/m1/s1. The molecular formula is C8H12O6. The molecule has 0 radical (unpaired) electrons. The third-order valence-electron chi connectivity index (χ3n) is 1.77. The summed E-state index contributed by atoms with van der Waals surface area (Å²) in [6, 6.07) is 0. The van der Waals surface area contributed by atoms with Gasteiger partial charge in [-0.1, -0.05) is 0 Å². The maximum Gasteiger partial charge on any atom is 0.338 e. The average molecular weight is 204 g/mol. The van der Waals surface area contributed by atoms with Gasteiger partial charge in [-0.2, -0.15) is 0 Å². The number of carbonyl (C=O) groups is 2. The van der Waals surface area contributed by atoms with Crippen molar-refractivity contribution in [3.63, 3.8) is 0 Å². The smallest absolute Gasteiger partial charge is 0.338 e. The zero-order chi connectivity index (χ0) is 10.9. The Morgan fingerprint density at radius 3 is 2.21 bits per heavy atom. The number of rotatable bonds is 2. The van der Waals surface area contributed by atoms with Crippen LogP contribution in [0, 0.1) is 0 Å². The van der Waals surface area contributed by atoms with Crippen molar-refractivity contribution in [1.82, 2.24) is 0 Å². The molecule has 1 aliphatic rings. The fraction of sp³-hybridized carbons (Fsp3) is 0.750. The van der Waals surface area contributed by atoms with Gasteiger partial charge >= 0.3 is 11.9 Å². The highest BCUT2D eigenvalue weighted by Crippen LogP contribution is 2.28. The van der Waals surface area contributed by atoms with Gasteiger partial charge in [0.05, 0.1) is 7.11 Å². The maximum absolute atomic E-state index is 11.1. The zero-order valence-electron chi connectivity index (χ0n) is 8.14. The van der Waals surface area contributed by atoms with E-state index >= 15 is 0 Å². The van der Waals surface area contributed by atoms with Crippen LogP contribution in [0.3, 0.4) is 0 Å². The third kappa shape index (κ3) is 2.02. The van der Waals surface area contributed by atoms with Crippen LogP contribution in [0.5, 0.6) is 0 Å². The molecule has 80 valence electrons. The van der Waals surface area contributed by atoms with E-state index in [2.05, 4.69) is 4.74 Å². The first-order valence-corrected chi connectivity index (χ1v) is 4.03. The van der Waals surface area contributed by atoms with Gasteiger partial charge in [-0.05, 0) is 13.8 Å². The summed E-state index contributed by atoms with van der Waals surface area (Å²) in [4.78, 5) is 21.8. The molecule has 0 spiro atoms. The monoisotopic (exact) mass is 204 g/mol. The fourth-order valence-corrected chi connectivity index (χ4v) is 1.23. The van der Waals surface area contributed by atoms with Gasteiger partial charge in [0.1, 0.15) is 0 Å². The lowest BCUT2D eigenvalue weighted by atomic mass is 10.2. The lowest BCUT2D eigenvalue weighted by molar-refractivity contribution is -0.170. The zero-order valence-corrected chi connectivity index (χ0v) is 8.14. The Bertz CT molecular complexity index is 259. The second-order valence-corrected chi connectivity index (χ2v) is 3.34. The highest BCUT2D eigenvalue weighted by Gasteiger charge is 2.49. The van der Waals surface area contributed by atoms with Gasteiger partial charge in [0.15, 0.2) is 18.0 Å². The molecule has 0 aromatic heterocycles. The quantitative estimate of drug-likeness (QED) is 0.625. The second-order valence-electron chi connectivity index (χ2n) is 3.34. The molecule has 14 heavy (non-hydrogen) atoms. The molecule has 0 amide bonds. The van der Waals surface area contributed by atoms with E-state index in [-0.39, 0.29) is 0 Å². The summed E-state index contributed by atoms with van der Waals surface area (Å²) in [5, 5.41) is 8.75. The van der Waals surface area contributed by atoms with E-state index in [9.17, 15) is 9.59 Å². The molecule has 2 atom stereocenters. The normalized spacial score (nSPS) is 29.9. The number of carboxylic acids is 1. The molecule has 1 N–H and O–H groups in total. The second kappa shape index (κ2) is 3.55. The Morgan fingerprint density at radius 1 is 1.29 bits per heavy atom. The summed E-state index contributed by atoms with van der Waals surface area (Å²) >= 11 is 0. The van der Waals surface area contributed by atoms with E-state index < -0.39 is 29.9 Å². The summed E-state index contributed by atoms with van der Waals surface area (Å²) < 4.78 is 14.5. The highest BCUT2D eigenvalue weighted by atomic mass is 16.8. The molecule has 1 fully saturated rings. The Kier molecular flexibility index (Phi) is 2.77. The SMILES string of the molecule is COC(=O)[C@@H]1OC(C)(C)O[C@H]1C(=O)O. The Labute approximate surface area is 80.7 Å². The molecule has 0 aromatic rings. The number of hydrogen-bond donors (Lipinski definition) is 1. The Hall–Kier alpha value is -1.14. The van der Waals surface area contributed by atoms with Crippen LogP contribution < -0.4 is 0 Å². The summed E-state index contributed by atoms with van der Waals surface area (Å²) in [5.74, 6) is -3.07. The van der Waals surface area contributed by atoms with Crippen LogP contribution in [0.15, 0.2) is 0 Å². The number of ether oxygens (including phenoxy) is 3. The number of aliphatic carboxylic acids is 1. The van der Waals surface area contributed by atoms with Crippen LogP contribution in [-0.4, -0.2) is 42.1 Å². The van der Waals surface area contributed by atoms with Crippen molar-refractivity contribution in [3.05, 3.63) is 0 Å². The van der Waals surface area contributed by atoms with Gasteiger partial charge in [0.2, 0.25) is 0 Å². The van der Waals surface area contributed by atoms with E-state index in [1.54, 1.807) is 0 Å². The molecule has 1 heterocycles. The number of carbonyl (C=O) groups excluding carboxylic acids is 1. The largest absolute Gasteiger partial charge is 0.479 e. The summed E-state index contributed by atoms with van der Waals surface area (Å²) in [7, 11) is 1.16. The molecule has 0 unspecified atom stereocenters. The third-order valence-corrected chi connectivity index (χ3v) is 1.77. The minimum absolute atomic E-state index is 0.747. The number of carboxylic acid groups (broad SMARTS) is 1. The molecule has 0 aliphatic carbocycles. The Morgan fingerprint density at radius 2 is 1.79 bits per heavy atom. The van der Waals surface area contributed by atoms with Gasteiger partial charge in [-0.3, -0.25) is 0 Å². The van der Waals surface area contributed by atoms with Crippen molar-refractivity contribution in [2.45, 2.75) is 31.8 Å². The van der Waals surface area contributed by atoms with Crippen LogP contribution >= 0.6 is 0 Å². The van der Waals surface area contributed by atoms with E-state index in [1.165, 1.54) is 13.8 Å². The molecule has 6 nitrogen and oxygen atoms in total. The van der Waals surface area contributed by atoms with Gasteiger partial charge in [-0.25, -0.2) is 9.59 Å². The van der Waals surface area contributed by atoms with E-state index in [0.717, 1.165) is 7.11 Å². The van der Waals surface area contributed by atoms with Gasteiger partial charge < -0.3 is 19.3 Å². The van der Waals surface area contributed by atoms with Crippen LogP contribution in [0.1, 0.15) is 13.8 Å². The van der Waals surface area contributed by atoms with Crippen LogP contribution in [0.4, 0.5) is 0 Å². The van der Waals surface area contributed by atoms with Crippen LogP contribution in [-0.2, 0) is 23.8 Å². The first-order chi connectivity index (χ1) is 6.37. The molecule has 0 saturated carbocycles. The lowest BCUT2D eigenvalue weighted by Gasteiger charge is -2.15. The van der Waals surface area contributed by atoms with E-state index in [4.69, 9.17) is 14.6 Å². The predicted octanol–water partition coefficient (Wildman–Crippen LogP) is -0.236. The summed E-state index contributed by atoms with van der Waals surface area (Å²) in [6.07, 6.45) is -2.51. The van der Waals surface area contributed by atoms with Crippen molar-refractivity contribution < 1.29 is 28.9 Å². The molecular weight excluding hydrogens is 192 g/mol. The first kappa shape index (κ1) is 10.9. The van der Waals surface area contributed by atoms with Crippen molar-refractivity contribution in [2.24, 2.45) is 0 Å². The molecule has 1 saturated heterocycles. The number of hydrogen-bond acceptors (Lipinski definition) is 5. The van der Waals surface area contributed by atoms with Gasteiger partial charge in [0.25, 0.3) is 0 Å². The number of methoxy groups -OCH3 is 1. The van der Waals surface area contributed by atoms with Crippen molar-refractivity contribution >= 4 is 11.9 Å². The van der Waals surface area contributed by atoms with E-state index in [0.29, 0.717) is 0 Å². The summed E-state index contributed by atoms with van der Waals surface area (Å²) in [6.45, 7) is 3.07. The van der Waals surface area contributed by atoms with Gasteiger partial charge in [-0.15, -0.1) is 0 Å². The Balaban J connectivity index is 2.83. The summed E-state index contributed by atoms with van der Waals surface area (Å²) in [5.41, 5.74) is 0. The molecule has 1 rings (SSSR count). The molecule has 0 bridgehead atoms. The highest BCUT2D eigenvalue weighted by molar-refractivity contribution is 5.85. The van der Waals surface area contributed by atoms with Crippen LogP contribution in [0.25, 0.3) is 0 Å². The van der Waals surface area contributed by atoms with Gasteiger partial charge in [0, 0.05) is 0 Å². The fourth-order valence-electron chi connectivity index (χ4n) is 1.23. The molecule has 6 heteroatoms. The minimum Gasteiger partial charge on any atom is -0.479 e. The van der Waals surface area contributed by atoms with E-state index in [1.807, 2.05) is 0 Å².